The summed E-state index contributed by atoms with van der Waals surface area (Å²) in [7, 11) is 0.975. The predicted molar refractivity (Wildman–Crippen MR) is 33.4 cm³/mol. The average molecular weight is 113 g/mol. The summed E-state index contributed by atoms with van der Waals surface area (Å²) in [5, 5.41) is 2.17. The lowest BCUT2D eigenvalue weighted by Crippen LogP contribution is -1.86. The summed E-state index contributed by atoms with van der Waals surface area (Å²) in [5.41, 5.74) is 4.50. The predicted octanol–water partition coefficient (Wildman–Crippen LogP) is 0.711. The summed E-state index contributed by atoms with van der Waals surface area (Å²) in [6, 6.07) is 0. The van der Waals surface area contributed by atoms with Crippen LogP contribution in [0.3, 0.4) is 0 Å². The van der Waals surface area contributed by atoms with Gasteiger partial charge in [0.15, 0.2) is 0 Å². The Balaban J connectivity index is 2.46. The van der Waals surface area contributed by atoms with E-state index in [9.17, 15) is 0 Å². The zero-order chi connectivity index (χ0) is 4.24. The molecule has 0 spiro atoms. The second kappa shape index (κ2) is 2.37. The molecule has 2 heteroatoms. The number of thioether (sulfide) groups is 1. The average Bonchev–Trinajstić information content (AvgIpc) is 1.72. The van der Waals surface area contributed by atoms with Crippen molar-refractivity contribution in [3.63, 3.8) is 0 Å². The third-order valence-corrected chi connectivity index (χ3v) is 2.58. The molecule has 0 fully saturated rings. The van der Waals surface area contributed by atoms with Crippen LogP contribution in [0.4, 0.5) is 0 Å². The molecule has 0 saturated heterocycles. The van der Waals surface area contributed by atoms with Gasteiger partial charge >= 0.3 is 0 Å². The number of rotatable bonds is 0. The zero-order valence-electron chi connectivity index (χ0n) is 3.35. The molecule has 0 bridgehead atoms. The lowest BCUT2D eigenvalue weighted by molar-refractivity contribution is 2.13. The minimum atomic E-state index is 0.975. The Morgan fingerprint density at radius 1 is 1.67 bits per heavy atom. The molecule has 0 saturated carbocycles. The van der Waals surface area contributed by atoms with Gasteiger partial charge in [0.05, 0.1) is 0 Å². The first-order valence-corrected chi connectivity index (χ1v) is 4.05. The molecule has 0 aromatic carbocycles. The van der Waals surface area contributed by atoms with Crippen molar-refractivity contribution in [1.82, 2.24) is 0 Å². The van der Waals surface area contributed by atoms with Gasteiger partial charge in [0.2, 0.25) is 0 Å². The molecular formula is C4H5SSi. The molecule has 0 nitrogen and oxygen atoms in total. The van der Waals surface area contributed by atoms with E-state index in [-0.39, 0.29) is 0 Å². The van der Waals surface area contributed by atoms with Gasteiger partial charge in [0, 0.05) is 14.9 Å². The van der Waals surface area contributed by atoms with E-state index in [1.54, 1.807) is 0 Å². The van der Waals surface area contributed by atoms with Crippen molar-refractivity contribution in [2.24, 2.45) is 0 Å². The Labute approximate surface area is 44.1 Å². The second-order valence-electron chi connectivity index (χ2n) is 1.01. The highest BCUT2D eigenvalue weighted by atomic mass is 32.2. The third-order valence-electron chi connectivity index (χ3n) is 0.558. The molecule has 6 heavy (non-hydrogen) atoms. The first-order chi connectivity index (χ1) is 3.00. The molecule has 31 valence electrons. The van der Waals surface area contributed by atoms with E-state index in [1.165, 1.54) is 5.75 Å². The molecule has 1 aliphatic heterocycles. The molecule has 1 radical (unpaired) electrons. The van der Waals surface area contributed by atoms with Crippen LogP contribution < -0.4 is 0 Å². The van der Waals surface area contributed by atoms with Crippen molar-refractivity contribution in [3.05, 3.63) is 11.1 Å². The van der Waals surface area contributed by atoms with Crippen LogP contribution in [-0.4, -0.2) is 20.6 Å². The van der Waals surface area contributed by atoms with Crippen molar-refractivity contribution in [2.45, 2.75) is 0 Å². The minimum absolute atomic E-state index is 0.975. The van der Waals surface area contributed by atoms with Crippen molar-refractivity contribution >= 4 is 26.6 Å². The fourth-order valence-electron chi connectivity index (χ4n) is 0.307. The summed E-state index contributed by atoms with van der Waals surface area (Å²) in [6.45, 7) is 0. The van der Waals surface area contributed by atoms with Gasteiger partial charge in [-0.2, -0.15) is 0 Å². The van der Waals surface area contributed by atoms with Gasteiger partial charge in [0.1, 0.15) is 0 Å². The molecule has 0 atom stereocenters. The summed E-state index contributed by atoms with van der Waals surface area (Å²) in [6.07, 6.45) is 0. The number of hydrogen-bond acceptors (Lipinski definition) is 1. The molecule has 0 amide bonds. The highest BCUT2D eigenvalue weighted by Crippen LogP contribution is 1.99. The normalized spacial score (nSPS) is 18.7. The van der Waals surface area contributed by atoms with Crippen molar-refractivity contribution in [1.29, 1.82) is 0 Å². The topological polar surface area (TPSA) is 0 Å². The highest BCUT2D eigenvalue weighted by molar-refractivity contribution is 8.02. The maximum atomic E-state index is 2.30. The molecule has 0 N–H and O–H groups in total. The van der Waals surface area contributed by atoms with Crippen LogP contribution in [-0.2, 0) is 0 Å². The van der Waals surface area contributed by atoms with Crippen LogP contribution >= 0.6 is 11.8 Å². The lowest BCUT2D eigenvalue weighted by atomic mass is 11.0. The van der Waals surface area contributed by atoms with E-state index in [0.717, 1.165) is 9.13 Å². The number of hydrogen-bond donors (Lipinski definition) is 0. The first kappa shape index (κ1) is 4.34. The smallest absolute Gasteiger partial charge is 0.0475 e. The molecule has 1 rings (SSSR count). The van der Waals surface area contributed by atoms with E-state index >= 15 is 0 Å². The Kier molecular flexibility index (Phi) is 1.71. The Bertz CT molecular complexity index is 73.5. The Morgan fingerprint density at radius 2 is 2.67 bits per heavy atom. The van der Waals surface area contributed by atoms with Crippen LogP contribution in [0.2, 0.25) is 0 Å². The van der Waals surface area contributed by atoms with Crippen LogP contribution in [0, 0.1) is 0 Å². The second-order valence-corrected chi connectivity index (χ2v) is 3.02. The summed E-state index contributed by atoms with van der Waals surface area (Å²) < 4.78 is 0. The molecule has 1 aliphatic rings. The van der Waals surface area contributed by atoms with Gasteiger partial charge in [-0.1, -0.05) is 11.4 Å². The molecule has 0 aromatic heterocycles. The quantitative estimate of drug-likeness (QED) is 0.417. The summed E-state index contributed by atoms with van der Waals surface area (Å²) >= 11 is 1.87. The molecule has 0 aromatic rings. The highest BCUT2D eigenvalue weighted by Gasteiger charge is 1.78. The van der Waals surface area contributed by atoms with Crippen molar-refractivity contribution in [3.8, 4) is 0 Å². The summed E-state index contributed by atoms with van der Waals surface area (Å²) in [4.78, 5) is 0. The minimum Gasteiger partial charge on any atom is -0.131 e. The molecule has 1 heterocycles. The Morgan fingerprint density at radius 3 is 2.83 bits per heavy atom. The van der Waals surface area contributed by atoms with Gasteiger partial charge in [0.25, 0.3) is 0 Å². The van der Waals surface area contributed by atoms with E-state index in [0.29, 0.717) is 0 Å². The van der Waals surface area contributed by atoms with Crippen LogP contribution in [0.1, 0.15) is 0 Å². The zero-order valence-corrected chi connectivity index (χ0v) is 5.16. The van der Waals surface area contributed by atoms with E-state index in [1.807, 2.05) is 11.8 Å². The van der Waals surface area contributed by atoms with Crippen molar-refractivity contribution in [2.75, 3.05) is 5.75 Å². The summed E-state index contributed by atoms with van der Waals surface area (Å²) in [5.74, 6) is 1.22. The van der Waals surface area contributed by atoms with Gasteiger partial charge in [-0.15, -0.1) is 11.8 Å². The van der Waals surface area contributed by atoms with Crippen molar-refractivity contribution < 1.29 is 0 Å². The fourth-order valence-corrected chi connectivity index (χ4v) is 2.02. The van der Waals surface area contributed by atoms with E-state index in [2.05, 4.69) is 16.8 Å². The van der Waals surface area contributed by atoms with Crippen LogP contribution in [0.15, 0.2) is 11.1 Å². The lowest BCUT2D eigenvalue weighted by Gasteiger charge is -1.87. The van der Waals surface area contributed by atoms with Crippen LogP contribution in [0.5, 0.6) is 0 Å². The third kappa shape index (κ3) is 1.10. The van der Waals surface area contributed by atoms with Gasteiger partial charge < -0.3 is 0 Å². The maximum absolute atomic E-state index is 2.30. The van der Waals surface area contributed by atoms with E-state index in [4.69, 9.17) is 0 Å². The van der Waals surface area contributed by atoms with Crippen LogP contribution in [0.25, 0.3) is 0 Å². The van der Waals surface area contributed by atoms with Gasteiger partial charge in [-0.25, -0.2) is 0 Å². The SMILES string of the molecule is C1=CSCC=[Si]1. The standard InChI is InChI=1S/C4H5SSi/c1-3-6-4-2-5-1/h1,3-4H,2H2. The Hall–Kier alpha value is 0.177. The first-order valence-electron chi connectivity index (χ1n) is 1.84. The maximum Gasteiger partial charge on any atom is 0.0475 e. The van der Waals surface area contributed by atoms with Gasteiger partial charge in [-0.05, 0) is 5.41 Å². The largest absolute Gasteiger partial charge is 0.131 e. The fraction of sp³-hybridized carbons (Fsp3) is 0.250. The van der Waals surface area contributed by atoms with E-state index < -0.39 is 0 Å². The van der Waals surface area contributed by atoms with Gasteiger partial charge in [-0.3, -0.25) is 0 Å². The molecule has 0 unspecified atom stereocenters. The monoisotopic (exact) mass is 113 g/mol. The molecular weight excluding hydrogens is 108 g/mol. The molecule has 0 aliphatic carbocycles.